The molecule has 6 nitrogen and oxygen atoms in total. The van der Waals surface area contributed by atoms with E-state index in [4.69, 9.17) is 21.1 Å². The minimum atomic E-state index is -0.537. The lowest BCUT2D eigenvalue weighted by Crippen LogP contribution is -2.14. The second-order valence-corrected chi connectivity index (χ2v) is 6.16. The zero-order valence-electron chi connectivity index (χ0n) is 15.5. The largest absolute Gasteiger partial charge is 0.482 e. The van der Waals surface area contributed by atoms with Crippen molar-refractivity contribution in [3.05, 3.63) is 64.2 Å². The number of amides is 1. The van der Waals surface area contributed by atoms with E-state index < -0.39 is 11.9 Å². The van der Waals surface area contributed by atoms with Gasteiger partial charge in [0.05, 0.1) is 6.61 Å². The van der Waals surface area contributed by atoms with Crippen molar-refractivity contribution in [2.24, 2.45) is 0 Å². The van der Waals surface area contributed by atoms with Crippen molar-refractivity contribution in [2.75, 3.05) is 18.5 Å². The van der Waals surface area contributed by atoms with Gasteiger partial charge in [-0.2, -0.15) is 5.26 Å². The molecule has 0 unspecified atom stereocenters. The van der Waals surface area contributed by atoms with E-state index in [2.05, 4.69) is 5.32 Å². The average molecular weight is 399 g/mol. The fraction of sp³-hybridized carbons (Fsp3) is 0.190. The molecule has 0 heterocycles. The number of carbonyl (C=O) groups excluding carboxylic acids is 2. The Hall–Kier alpha value is -3.30. The van der Waals surface area contributed by atoms with E-state index >= 15 is 0 Å². The van der Waals surface area contributed by atoms with Crippen LogP contribution in [0.15, 0.2) is 48.0 Å². The molecule has 144 valence electrons. The number of benzene rings is 2. The van der Waals surface area contributed by atoms with Gasteiger partial charge in [0, 0.05) is 10.7 Å². The van der Waals surface area contributed by atoms with Crippen molar-refractivity contribution >= 4 is 35.2 Å². The van der Waals surface area contributed by atoms with Gasteiger partial charge in [0.1, 0.15) is 17.4 Å². The molecule has 0 saturated carbocycles. The monoisotopic (exact) mass is 398 g/mol. The molecule has 2 rings (SSSR count). The molecule has 1 N–H and O–H groups in total. The van der Waals surface area contributed by atoms with Crippen LogP contribution in [0.25, 0.3) is 6.08 Å². The molecule has 0 aliphatic rings. The first-order chi connectivity index (χ1) is 13.4. The summed E-state index contributed by atoms with van der Waals surface area (Å²) in [7, 11) is 0. The fourth-order valence-corrected chi connectivity index (χ4v) is 2.37. The first-order valence-corrected chi connectivity index (χ1v) is 8.88. The number of nitrogens with one attached hydrogen (secondary N) is 1. The van der Waals surface area contributed by atoms with E-state index in [0.717, 1.165) is 5.56 Å². The molecule has 2 aromatic carbocycles. The maximum absolute atomic E-state index is 12.3. The van der Waals surface area contributed by atoms with Crippen LogP contribution in [0.5, 0.6) is 5.75 Å². The minimum Gasteiger partial charge on any atom is -0.482 e. The number of hydrogen-bond donors (Lipinski definition) is 1. The Kier molecular flexibility index (Phi) is 7.61. The van der Waals surface area contributed by atoms with E-state index in [1.807, 2.05) is 13.0 Å². The molecule has 0 saturated heterocycles. The third kappa shape index (κ3) is 6.15. The summed E-state index contributed by atoms with van der Waals surface area (Å²) in [6, 6.07) is 13.6. The number of hydrogen-bond acceptors (Lipinski definition) is 5. The summed E-state index contributed by atoms with van der Waals surface area (Å²) in [6.07, 6.45) is 1.46. The van der Waals surface area contributed by atoms with Crippen LogP contribution in [0.1, 0.15) is 18.1 Å². The molecule has 0 aliphatic heterocycles. The smallest absolute Gasteiger partial charge is 0.344 e. The van der Waals surface area contributed by atoms with Gasteiger partial charge < -0.3 is 14.8 Å². The summed E-state index contributed by atoms with van der Waals surface area (Å²) in [5.41, 5.74) is 1.97. The Bertz CT molecular complexity index is 930. The highest BCUT2D eigenvalue weighted by molar-refractivity contribution is 6.31. The number of ether oxygens (including phenoxy) is 2. The van der Waals surface area contributed by atoms with Gasteiger partial charge >= 0.3 is 5.97 Å². The SMILES string of the molecule is CCOC(=O)COc1ccc(/C=C(/C#N)C(=O)Nc2ccc(C)c(Cl)c2)cc1. The number of esters is 1. The highest BCUT2D eigenvalue weighted by Crippen LogP contribution is 2.21. The Balaban J connectivity index is 2.04. The predicted molar refractivity (Wildman–Crippen MR) is 107 cm³/mol. The molecule has 0 atom stereocenters. The van der Waals surface area contributed by atoms with E-state index in [9.17, 15) is 14.9 Å². The van der Waals surface area contributed by atoms with Crippen LogP contribution in [0.2, 0.25) is 5.02 Å². The molecule has 0 aliphatic carbocycles. The second-order valence-electron chi connectivity index (χ2n) is 5.75. The molecule has 0 fully saturated rings. The number of carbonyl (C=O) groups is 2. The molecular formula is C21H19ClN2O4. The Labute approximate surface area is 168 Å². The van der Waals surface area contributed by atoms with E-state index in [1.54, 1.807) is 49.4 Å². The standard InChI is InChI=1S/C21H19ClN2O4/c1-3-27-20(25)13-28-18-8-5-15(6-9-18)10-16(12-23)21(26)24-17-7-4-14(2)19(22)11-17/h4-11H,3,13H2,1-2H3,(H,24,26)/b16-10-. The molecule has 0 bridgehead atoms. The third-order valence-electron chi connectivity index (χ3n) is 3.65. The first kappa shape index (κ1) is 21.0. The van der Waals surface area contributed by atoms with Gasteiger partial charge in [-0.1, -0.05) is 29.8 Å². The van der Waals surface area contributed by atoms with Gasteiger partial charge in [-0.25, -0.2) is 4.79 Å². The topological polar surface area (TPSA) is 88.4 Å². The maximum Gasteiger partial charge on any atom is 0.344 e. The van der Waals surface area contributed by atoms with Crippen LogP contribution in [0.3, 0.4) is 0 Å². The zero-order valence-corrected chi connectivity index (χ0v) is 16.2. The van der Waals surface area contributed by atoms with Gasteiger partial charge in [-0.3, -0.25) is 4.79 Å². The summed E-state index contributed by atoms with van der Waals surface area (Å²) >= 11 is 6.05. The third-order valence-corrected chi connectivity index (χ3v) is 4.06. The summed E-state index contributed by atoms with van der Waals surface area (Å²) < 4.78 is 10.1. The van der Waals surface area contributed by atoms with Crippen molar-refractivity contribution in [2.45, 2.75) is 13.8 Å². The number of anilines is 1. The van der Waals surface area contributed by atoms with Crippen LogP contribution in [0.4, 0.5) is 5.69 Å². The summed E-state index contributed by atoms with van der Waals surface area (Å²) in [5.74, 6) is -0.515. The van der Waals surface area contributed by atoms with Crippen molar-refractivity contribution in [3.8, 4) is 11.8 Å². The normalized spacial score (nSPS) is 10.7. The van der Waals surface area contributed by atoms with E-state index in [-0.39, 0.29) is 12.2 Å². The summed E-state index contributed by atoms with van der Waals surface area (Å²) in [5, 5.41) is 12.5. The average Bonchev–Trinajstić information content (AvgIpc) is 2.68. The van der Waals surface area contributed by atoms with Crippen molar-refractivity contribution in [3.63, 3.8) is 0 Å². The highest BCUT2D eigenvalue weighted by atomic mass is 35.5. The molecular weight excluding hydrogens is 380 g/mol. The molecule has 1 amide bonds. The maximum atomic E-state index is 12.3. The molecule has 28 heavy (non-hydrogen) atoms. The van der Waals surface area contributed by atoms with Gasteiger partial charge in [0.2, 0.25) is 0 Å². The van der Waals surface area contributed by atoms with Crippen LogP contribution >= 0.6 is 11.6 Å². The lowest BCUT2D eigenvalue weighted by Gasteiger charge is -2.07. The molecule has 2 aromatic rings. The van der Waals surface area contributed by atoms with E-state index in [1.165, 1.54) is 6.08 Å². The highest BCUT2D eigenvalue weighted by Gasteiger charge is 2.10. The van der Waals surface area contributed by atoms with Crippen LogP contribution in [0, 0.1) is 18.3 Å². The molecule has 0 spiro atoms. The van der Waals surface area contributed by atoms with Gasteiger partial charge in [-0.05, 0) is 55.3 Å². The number of nitriles is 1. The lowest BCUT2D eigenvalue weighted by atomic mass is 10.1. The molecule has 0 radical (unpaired) electrons. The van der Waals surface area contributed by atoms with Gasteiger partial charge in [0.15, 0.2) is 6.61 Å². The quantitative estimate of drug-likeness (QED) is 0.430. The molecule has 0 aromatic heterocycles. The number of aryl methyl sites for hydroxylation is 1. The first-order valence-electron chi connectivity index (χ1n) is 8.50. The van der Waals surface area contributed by atoms with Crippen LogP contribution < -0.4 is 10.1 Å². The van der Waals surface area contributed by atoms with Gasteiger partial charge in [0.25, 0.3) is 5.91 Å². The van der Waals surface area contributed by atoms with Crippen molar-refractivity contribution in [1.29, 1.82) is 5.26 Å². The second kappa shape index (κ2) is 10.1. The van der Waals surface area contributed by atoms with E-state index in [0.29, 0.717) is 28.6 Å². The fourth-order valence-electron chi connectivity index (χ4n) is 2.19. The molecule has 7 heteroatoms. The number of rotatable bonds is 7. The summed E-state index contributed by atoms with van der Waals surface area (Å²) in [4.78, 5) is 23.6. The zero-order chi connectivity index (χ0) is 20.5. The summed E-state index contributed by atoms with van der Waals surface area (Å²) in [6.45, 7) is 3.68. The Morgan fingerprint density at radius 3 is 2.54 bits per heavy atom. The van der Waals surface area contributed by atoms with Crippen molar-refractivity contribution < 1.29 is 19.1 Å². The van der Waals surface area contributed by atoms with Gasteiger partial charge in [-0.15, -0.1) is 0 Å². The number of halogens is 1. The van der Waals surface area contributed by atoms with Crippen LogP contribution in [-0.4, -0.2) is 25.1 Å². The van der Waals surface area contributed by atoms with Crippen LogP contribution in [-0.2, 0) is 14.3 Å². The number of nitrogens with zero attached hydrogens (tertiary/aromatic N) is 1. The Morgan fingerprint density at radius 2 is 1.93 bits per heavy atom. The predicted octanol–water partition coefficient (Wildman–Crippen LogP) is 4.14. The lowest BCUT2D eigenvalue weighted by molar-refractivity contribution is -0.145. The Morgan fingerprint density at radius 1 is 1.21 bits per heavy atom. The minimum absolute atomic E-state index is 0.0584. The van der Waals surface area contributed by atoms with Crippen molar-refractivity contribution in [1.82, 2.24) is 0 Å².